The maximum Gasteiger partial charge on any atom is 0.255 e. The van der Waals surface area contributed by atoms with Crippen LogP contribution in [-0.2, 0) is 6.54 Å². The summed E-state index contributed by atoms with van der Waals surface area (Å²) in [5.41, 5.74) is 7.84. The summed E-state index contributed by atoms with van der Waals surface area (Å²) in [7, 11) is 0. The first-order valence-corrected chi connectivity index (χ1v) is 7.49. The summed E-state index contributed by atoms with van der Waals surface area (Å²) in [6.07, 6.45) is 1.68. The molecule has 0 unspecified atom stereocenters. The molecule has 2 aromatic rings. The number of hydrogen-bond acceptors (Lipinski definition) is 4. The molecule has 0 aliphatic rings. The van der Waals surface area contributed by atoms with Crippen LogP contribution in [0.1, 0.15) is 29.8 Å². The number of aromatic nitrogens is 1. The number of carbonyl (C=O) groups is 1. The van der Waals surface area contributed by atoms with Gasteiger partial charge in [-0.25, -0.2) is 4.98 Å². The Morgan fingerprint density at radius 2 is 1.78 bits per heavy atom. The topological polar surface area (TPSA) is 71.2 Å². The summed E-state index contributed by atoms with van der Waals surface area (Å²) in [6, 6.07) is 11.0. The minimum Gasteiger partial charge on any atom is -0.357 e. The van der Waals surface area contributed by atoms with Crippen LogP contribution in [0.3, 0.4) is 0 Å². The van der Waals surface area contributed by atoms with Crippen LogP contribution in [-0.4, -0.2) is 24.0 Å². The summed E-state index contributed by atoms with van der Waals surface area (Å²) in [6.45, 7) is 6.46. The van der Waals surface area contributed by atoms with Crippen molar-refractivity contribution in [3.63, 3.8) is 0 Å². The third-order valence-corrected chi connectivity index (χ3v) is 3.55. The van der Waals surface area contributed by atoms with E-state index in [1.807, 2.05) is 24.3 Å². The first-order chi connectivity index (χ1) is 10.7. The average Bonchev–Trinajstić information content (AvgIpc) is 2.57. The quantitative estimate of drug-likeness (QED) is 0.851. The number of nitrogens with one attached hydrogen (secondary N) is 1. The van der Waals surface area contributed by atoms with Gasteiger partial charge >= 0.3 is 0 Å². The van der Waals surface area contributed by atoms with E-state index in [0.29, 0.717) is 17.8 Å². The molecule has 0 saturated heterocycles. The van der Waals surface area contributed by atoms with Gasteiger partial charge in [0.25, 0.3) is 5.91 Å². The van der Waals surface area contributed by atoms with E-state index in [9.17, 15) is 4.79 Å². The first-order valence-electron chi connectivity index (χ1n) is 7.49. The standard InChI is InChI=1S/C17H22N4O.ClH/c1-3-21(4-2)16-10-9-15(12-19-16)20-17(22)14-7-5-13(11-18)6-8-14;/h5-10,12H,3-4,11,18H2,1-2H3,(H,20,22);1H. The minimum absolute atomic E-state index is 0. The molecule has 23 heavy (non-hydrogen) atoms. The summed E-state index contributed by atoms with van der Waals surface area (Å²) in [5.74, 6) is 0.760. The Bertz CT molecular complexity index is 609. The van der Waals surface area contributed by atoms with Gasteiger partial charge in [-0.1, -0.05) is 12.1 Å². The number of halogens is 1. The lowest BCUT2D eigenvalue weighted by Crippen LogP contribution is -2.22. The molecule has 6 heteroatoms. The highest BCUT2D eigenvalue weighted by molar-refractivity contribution is 6.04. The fourth-order valence-electron chi connectivity index (χ4n) is 2.19. The third kappa shape index (κ3) is 4.94. The molecule has 0 saturated carbocycles. The SMILES string of the molecule is CCN(CC)c1ccc(NC(=O)c2ccc(CN)cc2)cn1.Cl. The number of nitrogens with zero attached hydrogens (tertiary/aromatic N) is 2. The maximum atomic E-state index is 12.2. The second-order valence-corrected chi connectivity index (χ2v) is 4.93. The van der Waals surface area contributed by atoms with Crippen molar-refractivity contribution in [1.29, 1.82) is 0 Å². The molecule has 0 aliphatic carbocycles. The fourth-order valence-corrected chi connectivity index (χ4v) is 2.19. The molecule has 2 rings (SSSR count). The van der Waals surface area contributed by atoms with E-state index in [2.05, 4.69) is 29.0 Å². The summed E-state index contributed by atoms with van der Waals surface area (Å²) in [5, 5.41) is 2.85. The lowest BCUT2D eigenvalue weighted by atomic mass is 10.1. The van der Waals surface area contributed by atoms with Crippen molar-refractivity contribution >= 4 is 29.8 Å². The van der Waals surface area contributed by atoms with Gasteiger partial charge in [-0.2, -0.15) is 0 Å². The van der Waals surface area contributed by atoms with Crippen molar-refractivity contribution < 1.29 is 4.79 Å². The molecular weight excluding hydrogens is 312 g/mol. The van der Waals surface area contributed by atoms with Gasteiger partial charge in [-0.15, -0.1) is 12.4 Å². The minimum atomic E-state index is -0.152. The van der Waals surface area contributed by atoms with Crippen LogP contribution < -0.4 is 16.0 Å². The highest BCUT2D eigenvalue weighted by atomic mass is 35.5. The zero-order chi connectivity index (χ0) is 15.9. The van der Waals surface area contributed by atoms with E-state index >= 15 is 0 Å². The Morgan fingerprint density at radius 1 is 1.13 bits per heavy atom. The molecule has 0 fully saturated rings. The molecule has 1 amide bonds. The zero-order valence-electron chi connectivity index (χ0n) is 13.5. The van der Waals surface area contributed by atoms with E-state index in [4.69, 9.17) is 5.73 Å². The van der Waals surface area contributed by atoms with Crippen LogP contribution >= 0.6 is 12.4 Å². The fraction of sp³-hybridized carbons (Fsp3) is 0.294. The second-order valence-electron chi connectivity index (χ2n) is 4.93. The van der Waals surface area contributed by atoms with E-state index in [0.717, 1.165) is 24.5 Å². The predicted octanol–water partition coefficient (Wildman–Crippen LogP) is 3.06. The summed E-state index contributed by atoms with van der Waals surface area (Å²) < 4.78 is 0. The summed E-state index contributed by atoms with van der Waals surface area (Å²) in [4.78, 5) is 18.7. The normalized spacial score (nSPS) is 9.87. The number of rotatable bonds is 6. The highest BCUT2D eigenvalue weighted by Crippen LogP contribution is 2.15. The van der Waals surface area contributed by atoms with Crippen LogP contribution in [0.15, 0.2) is 42.6 Å². The van der Waals surface area contributed by atoms with Crippen molar-refractivity contribution in [2.75, 3.05) is 23.3 Å². The van der Waals surface area contributed by atoms with Crippen LogP contribution in [0.4, 0.5) is 11.5 Å². The molecule has 124 valence electrons. The number of anilines is 2. The number of amides is 1. The highest BCUT2D eigenvalue weighted by Gasteiger charge is 2.07. The molecule has 1 heterocycles. The smallest absolute Gasteiger partial charge is 0.255 e. The average molecular weight is 335 g/mol. The number of pyridine rings is 1. The molecule has 1 aromatic carbocycles. The van der Waals surface area contributed by atoms with Crippen molar-refractivity contribution in [3.05, 3.63) is 53.7 Å². The van der Waals surface area contributed by atoms with Gasteiger partial charge < -0.3 is 16.0 Å². The van der Waals surface area contributed by atoms with Crippen LogP contribution in [0.5, 0.6) is 0 Å². The number of carbonyl (C=O) groups excluding carboxylic acids is 1. The molecule has 3 N–H and O–H groups in total. The third-order valence-electron chi connectivity index (χ3n) is 3.55. The monoisotopic (exact) mass is 334 g/mol. The second kappa shape index (κ2) is 9.12. The lowest BCUT2D eigenvalue weighted by Gasteiger charge is -2.19. The maximum absolute atomic E-state index is 12.2. The predicted molar refractivity (Wildman–Crippen MR) is 97.3 cm³/mol. The number of benzene rings is 1. The molecule has 0 bridgehead atoms. The first kappa shape index (κ1) is 18.9. The van der Waals surface area contributed by atoms with Gasteiger partial charge in [0.1, 0.15) is 5.82 Å². The Morgan fingerprint density at radius 3 is 2.26 bits per heavy atom. The Kier molecular flexibility index (Phi) is 7.51. The van der Waals surface area contributed by atoms with Gasteiger partial charge in [0.05, 0.1) is 11.9 Å². The van der Waals surface area contributed by atoms with Crippen LogP contribution in [0, 0.1) is 0 Å². The molecule has 0 atom stereocenters. The van der Waals surface area contributed by atoms with Gasteiger partial charge in [0.15, 0.2) is 0 Å². The molecular formula is C17H23ClN4O. The largest absolute Gasteiger partial charge is 0.357 e. The van der Waals surface area contributed by atoms with E-state index < -0.39 is 0 Å². The Hall–Kier alpha value is -2.11. The zero-order valence-corrected chi connectivity index (χ0v) is 14.3. The van der Waals surface area contributed by atoms with Crippen molar-refractivity contribution in [1.82, 2.24) is 4.98 Å². The van der Waals surface area contributed by atoms with Crippen molar-refractivity contribution in [2.45, 2.75) is 20.4 Å². The van der Waals surface area contributed by atoms with E-state index in [1.54, 1.807) is 18.3 Å². The van der Waals surface area contributed by atoms with Crippen LogP contribution in [0.2, 0.25) is 0 Å². The van der Waals surface area contributed by atoms with Gasteiger partial charge in [0, 0.05) is 25.2 Å². The molecule has 0 aliphatic heterocycles. The van der Waals surface area contributed by atoms with Crippen molar-refractivity contribution in [2.24, 2.45) is 5.73 Å². The van der Waals surface area contributed by atoms with Gasteiger partial charge in [-0.05, 0) is 43.7 Å². The van der Waals surface area contributed by atoms with Crippen molar-refractivity contribution in [3.8, 4) is 0 Å². The molecule has 1 aromatic heterocycles. The molecule has 0 radical (unpaired) electrons. The van der Waals surface area contributed by atoms with Gasteiger partial charge in [-0.3, -0.25) is 4.79 Å². The lowest BCUT2D eigenvalue weighted by molar-refractivity contribution is 0.102. The van der Waals surface area contributed by atoms with E-state index in [-0.39, 0.29) is 18.3 Å². The molecule has 0 spiro atoms. The Labute approximate surface area is 143 Å². The Balaban J connectivity index is 0.00000264. The van der Waals surface area contributed by atoms with E-state index in [1.165, 1.54) is 0 Å². The number of hydrogen-bond donors (Lipinski definition) is 2. The molecule has 5 nitrogen and oxygen atoms in total. The van der Waals surface area contributed by atoms with Gasteiger partial charge in [0.2, 0.25) is 0 Å². The number of nitrogens with two attached hydrogens (primary N) is 1. The van der Waals surface area contributed by atoms with Crippen LogP contribution in [0.25, 0.3) is 0 Å². The summed E-state index contributed by atoms with van der Waals surface area (Å²) >= 11 is 0.